The monoisotopic (exact) mass is 197 g/mol. The number of nitrogens with zero attached hydrogens (tertiary/aromatic N) is 2. The first kappa shape index (κ1) is 13.3. The molecule has 0 aliphatic rings. The van der Waals surface area contributed by atoms with E-state index in [2.05, 4.69) is 5.10 Å². The Morgan fingerprint density at radius 1 is 1.55 bits per heavy atom. The summed E-state index contributed by atoms with van der Waals surface area (Å²) in [6, 6.07) is 1.98. The minimum atomic E-state index is 0. The van der Waals surface area contributed by atoms with Crippen LogP contribution in [0.25, 0.3) is 0 Å². The Kier molecular flexibility index (Phi) is 7.84. The van der Waals surface area contributed by atoms with Crippen LogP contribution in [0.15, 0.2) is 12.3 Å². The van der Waals surface area contributed by atoms with Gasteiger partial charge in [0.15, 0.2) is 0 Å². The molecule has 0 saturated heterocycles. The van der Waals surface area contributed by atoms with Crippen LogP contribution >= 0.6 is 24.8 Å². The fraction of sp³-hybridized carbons (Fsp3) is 0.500. The van der Waals surface area contributed by atoms with Gasteiger partial charge in [-0.05, 0) is 12.6 Å². The molecule has 1 heterocycles. The summed E-state index contributed by atoms with van der Waals surface area (Å²) in [5, 5.41) is 4.14. The molecule has 0 bridgehead atoms. The first-order valence-electron chi connectivity index (χ1n) is 3.01. The Morgan fingerprint density at radius 3 is 2.55 bits per heavy atom. The molecule has 0 unspecified atom stereocenters. The highest BCUT2D eigenvalue weighted by Crippen LogP contribution is 1.92. The summed E-state index contributed by atoms with van der Waals surface area (Å²) in [5.41, 5.74) is 6.39. The van der Waals surface area contributed by atoms with Gasteiger partial charge in [-0.15, -0.1) is 24.8 Å². The van der Waals surface area contributed by atoms with Gasteiger partial charge >= 0.3 is 0 Å². The van der Waals surface area contributed by atoms with Crippen molar-refractivity contribution in [3.8, 4) is 0 Å². The minimum absolute atomic E-state index is 0. The molecule has 1 aromatic heterocycles. The highest BCUT2D eigenvalue weighted by molar-refractivity contribution is 5.85. The first-order valence-corrected chi connectivity index (χ1v) is 3.01. The molecular weight excluding hydrogens is 185 g/mol. The highest BCUT2D eigenvalue weighted by Gasteiger charge is 1.91. The van der Waals surface area contributed by atoms with E-state index in [4.69, 9.17) is 5.73 Å². The average molecular weight is 198 g/mol. The summed E-state index contributed by atoms with van der Waals surface area (Å²) < 4.78 is 1.78. The molecule has 0 atom stereocenters. The molecule has 0 spiro atoms. The second kappa shape index (κ2) is 6.46. The number of aryl methyl sites for hydroxylation is 1. The third-order valence-electron chi connectivity index (χ3n) is 1.17. The van der Waals surface area contributed by atoms with Gasteiger partial charge in [-0.3, -0.25) is 4.68 Å². The van der Waals surface area contributed by atoms with Crippen molar-refractivity contribution in [2.45, 2.75) is 6.42 Å². The minimum Gasteiger partial charge on any atom is -0.330 e. The topological polar surface area (TPSA) is 43.8 Å². The van der Waals surface area contributed by atoms with Crippen LogP contribution in [0.1, 0.15) is 5.69 Å². The number of nitrogens with two attached hydrogens (primary N) is 1. The average Bonchev–Trinajstić information content (AvgIpc) is 2.17. The fourth-order valence-electron chi connectivity index (χ4n) is 0.744. The second-order valence-electron chi connectivity index (χ2n) is 2.02. The molecule has 0 aliphatic heterocycles. The Hall–Kier alpha value is -0.250. The van der Waals surface area contributed by atoms with Crippen molar-refractivity contribution in [1.82, 2.24) is 9.78 Å². The predicted molar refractivity (Wildman–Crippen MR) is 50.5 cm³/mol. The summed E-state index contributed by atoms with van der Waals surface area (Å²) in [5.74, 6) is 0. The first-order chi connectivity index (χ1) is 4.33. The van der Waals surface area contributed by atoms with Crippen molar-refractivity contribution in [1.29, 1.82) is 0 Å². The molecular formula is C6H13Cl2N3. The van der Waals surface area contributed by atoms with Crippen LogP contribution < -0.4 is 5.73 Å². The molecule has 2 N–H and O–H groups in total. The van der Waals surface area contributed by atoms with E-state index in [0.29, 0.717) is 6.54 Å². The number of aromatic nitrogens is 2. The molecule has 5 heteroatoms. The third-order valence-corrected chi connectivity index (χ3v) is 1.17. The molecule has 66 valence electrons. The maximum atomic E-state index is 5.32. The number of hydrogen-bond donors (Lipinski definition) is 1. The van der Waals surface area contributed by atoms with E-state index in [9.17, 15) is 0 Å². The number of halogens is 2. The molecule has 0 aliphatic carbocycles. The molecule has 0 fully saturated rings. The van der Waals surface area contributed by atoms with Crippen molar-refractivity contribution >= 4 is 24.8 Å². The molecule has 0 radical (unpaired) electrons. The molecule has 0 aromatic carbocycles. The number of hydrogen-bond acceptors (Lipinski definition) is 2. The molecule has 0 saturated carbocycles. The lowest BCUT2D eigenvalue weighted by Crippen LogP contribution is -2.03. The van der Waals surface area contributed by atoms with Crippen LogP contribution in [0.2, 0.25) is 0 Å². The van der Waals surface area contributed by atoms with Crippen LogP contribution in [-0.2, 0) is 13.5 Å². The number of rotatable bonds is 2. The molecule has 11 heavy (non-hydrogen) atoms. The summed E-state index contributed by atoms with van der Waals surface area (Å²) in [6.45, 7) is 0.678. The van der Waals surface area contributed by atoms with Gasteiger partial charge in [0.25, 0.3) is 0 Å². The van der Waals surface area contributed by atoms with Gasteiger partial charge in [-0.1, -0.05) is 0 Å². The molecule has 3 nitrogen and oxygen atoms in total. The van der Waals surface area contributed by atoms with Crippen LogP contribution in [0.4, 0.5) is 0 Å². The van der Waals surface area contributed by atoms with Crippen molar-refractivity contribution < 1.29 is 0 Å². The maximum Gasteiger partial charge on any atom is 0.0637 e. The van der Waals surface area contributed by atoms with Crippen LogP contribution in [-0.4, -0.2) is 16.3 Å². The summed E-state index contributed by atoms with van der Waals surface area (Å²) in [7, 11) is 1.90. The van der Waals surface area contributed by atoms with Gasteiger partial charge < -0.3 is 5.73 Å². The van der Waals surface area contributed by atoms with E-state index in [1.54, 1.807) is 4.68 Å². The predicted octanol–water partition coefficient (Wildman–Crippen LogP) is 0.765. The van der Waals surface area contributed by atoms with Crippen molar-refractivity contribution in [2.24, 2.45) is 12.8 Å². The summed E-state index contributed by atoms with van der Waals surface area (Å²) >= 11 is 0. The lowest BCUT2D eigenvalue weighted by Gasteiger charge is -1.87. The SMILES string of the molecule is Cl.Cl.Cn1ccc(CCN)n1. The largest absolute Gasteiger partial charge is 0.330 e. The molecule has 1 aromatic rings. The van der Waals surface area contributed by atoms with E-state index in [1.165, 1.54) is 0 Å². The van der Waals surface area contributed by atoms with E-state index >= 15 is 0 Å². The van der Waals surface area contributed by atoms with Gasteiger partial charge in [0.05, 0.1) is 5.69 Å². The van der Waals surface area contributed by atoms with Gasteiger partial charge in [0.1, 0.15) is 0 Å². The van der Waals surface area contributed by atoms with Crippen LogP contribution in [0, 0.1) is 0 Å². The van der Waals surface area contributed by atoms with Gasteiger partial charge in [-0.25, -0.2) is 0 Å². The second-order valence-corrected chi connectivity index (χ2v) is 2.02. The summed E-state index contributed by atoms with van der Waals surface area (Å²) in [4.78, 5) is 0. The third kappa shape index (κ3) is 4.24. The van der Waals surface area contributed by atoms with E-state index < -0.39 is 0 Å². The van der Waals surface area contributed by atoms with E-state index in [-0.39, 0.29) is 24.8 Å². The summed E-state index contributed by atoms with van der Waals surface area (Å²) in [6.07, 6.45) is 2.80. The lowest BCUT2D eigenvalue weighted by molar-refractivity contribution is 0.739. The van der Waals surface area contributed by atoms with Crippen molar-refractivity contribution in [3.63, 3.8) is 0 Å². The zero-order valence-electron chi connectivity index (χ0n) is 6.36. The van der Waals surface area contributed by atoms with Crippen LogP contribution in [0.3, 0.4) is 0 Å². The molecule has 1 rings (SSSR count). The highest BCUT2D eigenvalue weighted by atomic mass is 35.5. The van der Waals surface area contributed by atoms with E-state index in [0.717, 1.165) is 12.1 Å². The van der Waals surface area contributed by atoms with Gasteiger partial charge in [0.2, 0.25) is 0 Å². The van der Waals surface area contributed by atoms with Crippen molar-refractivity contribution in [2.75, 3.05) is 6.54 Å². The smallest absolute Gasteiger partial charge is 0.0637 e. The zero-order valence-corrected chi connectivity index (χ0v) is 7.99. The fourth-order valence-corrected chi connectivity index (χ4v) is 0.744. The Labute approximate surface area is 78.8 Å². The Bertz CT molecular complexity index is 188. The van der Waals surface area contributed by atoms with Gasteiger partial charge in [-0.2, -0.15) is 5.10 Å². The Balaban J connectivity index is 0. The zero-order chi connectivity index (χ0) is 6.69. The maximum absolute atomic E-state index is 5.32. The van der Waals surface area contributed by atoms with Crippen LogP contribution in [0.5, 0.6) is 0 Å². The van der Waals surface area contributed by atoms with Gasteiger partial charge in [0, 0.05) is 19.7 Å². The normalized spacial score (nSPS) is 8.18. The lowest BCUT2D eigenvalue weighted by atomic mass is 10.3. The molecule has 0 amide bonds. The standard InChI is InChI=1S/C6H11N3.2ClH/c1-9-5-3-6(8-9)2-4-7;;/h3,5H,2,4,7H2,1H3;2*1H. The van der Waals surface area contributed by atoms with E-state index in [1.807, 2.05) is 19.3 Å². The van der Waals surface area contributed by atoms with Crippen molar-refractivity contribution in [3.05, 3.63) is 18.0 Å². The Morgan fingerprint density at radius 2 is 2.18 bits per heavy atom. The quantitative estimate of drug-likeness (QED) is 0.762.